The monoisotopic (exact) mass is 784 g/mol. The van der Waals surface area contributed by atoms with Crippen LogP contribution >= 0.6 is 0 Å². The summed E-state index contributed by atoms with van der Waals surface area (Å²) in [6.07, 6.45) is 5.50. The van der Waals surface area contributed by atoms with Gasteiger partial charge in [-0.25, -0.2) is 0 Å². The Bertz CT molecular complexity index is 3370. The lowest BCUT2D eigenvalue weighted by Crippen LogP contribution is -2.16. The van der Waals surface area contributed by atoms with Gasteiger partial charge < -0.3 is 13.9 Å². The van der Waals surface area contributed by atoms with E-state index in [1.807, 2.05) is 0 Å². The molecular weight excluding hydrogens is 741 g/mol. The van der Waals surface area contributed by atoms with Crippen LogP contribution in [0.25, 0.3) is 77.9 Å². The van der Waals surface area contributed by atoms with Crippen molar-refractivity contribution >= 4 is 55.9 Å². The minimum absolute atomic E-state index is 0.128. The Labute approximate surface area is 356 Å². The summed E-state index contributed by atoms with van der Waals surface area (Å²) in [6, 6.07) is 66.7. The summed E-state index contributed by atoms with van der Waals surface area (Å²) >= 11 is 0. The Morgan fingerprint density at radius 2 is 1.23 bits per heavy atom. The number of hydrogen-bond donors (Lipinski definition) is 0. The number of fused-ring (bicyclic) bond motifs is 10. The van der Waals surface area contributed by atoms with Gasteiger partial charge >= 0.3 is 0 Å². The molecule has 12 rings (SSSR count). The zero-order valence-corrected chi connectivity index (χ0v) is 34.6. The first-order valence-corrected chi connectivity index (χ1v) is 21.5. The number of furan rings is 1. The van der Waals surface area contributed by atoms with Gasteiger partial charge in [-0.15, -0.1) is 0 Å². The number of benzene rings is 8. The fraction of sp³-hybridized carbons (Fsp3) is 0.103. The van der Waals surface area contributed by atoms with Crippen molar-refractivity contribution < 1.29 is 4.42 Å². The van der Waals surface area contributed by atoms with Crippen molar-refractivity contribution in [3.05, 3.63) is 211 Å². The average molecular weight is 785 g/mol. The maximum atomic E-state index is 6.91. The van der Waals surface area contributed by atoms with Crippen LogP contribution in [-0.2, 0) is 11.8 Å². The van der Waals surface area contributed by atoms with Crippen molar-refractivity contribution in [3.63, 3.8) is 0 Å². The lowest BCUT2D eigenvalue weighted by Gasteiger charge is -2.30. The number of para-hydroxylation sites is 3. The third-order valence-corrected chi connectivity index (χ3v) is 13.3. The fourth-order valence-electron chi connectivity index (χ4n) is 10.4. The average Bonchev–Trinajstić information content (AvgIpc) is 3.92. The molecule has 0 saturated heterocycles. The molecule has 0 amide bonds. The Morgan fingerprint density at radius 3 is 2.05 bits per heavy atom. The molecule has 2 aromatic heterocycles. The van der Waals surface area contributed by atoms with Crippen molar-refractivity contribution in [3.8, 4) is 39.1 Å². The molecule has 0 bridgehead atoms. The molecule has 2 aliphatic rings. The predicted octanol–water partition coefficient (Wildman–Crippen LogP) is 15.8. The van der Waals surface area contributed by atoms with Crippen molar-refractivity contribution in [2.24, 2.45) is 5.92 Å². The molecule has 292 valence electrons. The summed E-state index contributed by atoms with van der Waals surface area (Å²) in [5, 5.41) is 3.52. The highest BCUT2D eigenvalue weighted by atomic mass is 16.3. The zero-order chi connectivity index (χ0) is 40.8. The van der Waals surface area contributed by atoms with Crippen molar-refractivity contribution in [2.75, 3.05) is 4.90 Å². The maximum Gasteiger partial charge on any atom is 0.144 e. The van der Waals surface area contributed by atoms with Gasteiger partial charge in [0.25, 0.3) is 0 Å². The number of hydrogen-bond acceptors (Lipinski definition) is 2. The molecule has 1 unspecified atom stereocenters. The minimum Gasteiger partial charge on any atom is -0.460 e. The van der Waals surface area contributed by atoms with Crippen LogP contribution in [0, 0.1) is 5.92 Å². The van der Waals surface area contributed by atoms with Crippen LogP contribution in [-0.4, -0.2) is 4.57 Å². The summed E-state index contributed by atoms with van der Waals surface area (Å²) < 4.78 is 9.34. The molecule has 3 nitrogen and oxygen atoms in total. The summed E-state index contributed by atoms with van der Waals surface area (Å²) in [7, 11) is 0. The molecule has 0 aliphatic heterocycles. The summed E-state index contributed by atoms with van der Waals surface area (Å²) in [6.45, 7) is 6.98. The third kappa shape index (κ3) is 5.43. The lowest BCUT2D eigenvalue weighted by atomic mass is 9.82. The largest absolute Gasteiger partial charge is 0.460 e. The second kappa shape index (κ2) is 13.6. The molecule has 1 atom stereocenters. The van der Waals surface area contributed by atoms with E-state index >= 15 is 0 Å². The summed E-state index contributed by atoms with van der Waals surface area (Å²) in [4.78, 5) is 2.45. The number of aromatic nitrogens is 1. The zero-order valence-electron chi connectivity index (χ0n) is 34.6. The molecule has 8 aromatic carbocycles. The SMILES string of the molecule is CC1C=Cc2c(oc3c2cc(-c2ccc(N(c4ccc5c(c4)C(C)(C)c4ccccc4-5)c4ccccc4-c4ccccc4)cc2)c2c3c3ccccc3n2-c2ccccc2)C1. The van der Waals surface area contributed by atoms with E-state index in [0.717, 1.165) is 62.5 Å². The first kappa shape index (κ1) is 35.6. The Balaban J connectivity index is 1.09. The number of allylic oxidation sites excluding steroid dienone is 1. The van der Waals surface area contributed by atoms with Crippen LogP contribution in [0.1, 0.15) is 43.2 Å². The number of nitrogens with zero attached hydrogens (tertiary/aromatic N) is 2. The highest BCUT2D eigenvalue weighted by Gasteiger charge is 2.36. The second-order valence-electron chi connectivity index (χ2n) is 17.4. The first-order chi connectivity index (χ1) is 29.9. The van der Waals surface area contributed by atoms with E-state index in [1.54, 1.807) is 0 Å². The molecule has 0 spiro atoms. The van der Waals surface area contributed by atoms with E-state index in [4.69, 9.17) is 4.42 Å². The fourth-order valence-corrected chi connectivity index (χ4v) is 10.4. The topological polar surface area (TPSA) is 21.3 Å². The van der Waals surface area contributed by atoms with E-state index in [9.17, 15) is 0 Å². The molecule has 0 radical (unpaired) electrons. The second-order valence-corrected chi connectivity index (χ2v) is 17.4. The quantitative estimate of drug-likeness (QED) is 0.167. The van der Waals surface area contributed by atoms with Gasteiger partial charge in [0, 0.05) is 56.4 Å². The van der Waals surface area contributed by atoms with Gasteiger partial charge in [-0.2, -0.15) is 0 Å². The normalized spacial score (nSPS) is 15.0. The predicted molar refractivity (Wildman–Crippen MR) is 256 cm³/mol. The van der Waals surface area contributed by atoms with E-state index in [2.05, 4.69) is 224 Å². The number of anilines is 3. The standard InChI is InChI=1S/C58H44N2O/c1-37-26-32-46-49-36-48(56-55(57(49)61-54(46)34-37)47-22-12-15-25-53(47)60(56)40-18-8-5-9-19-40)39-27-29-41(30-28-39)59(52-24-14-11-20-43(52)38-16-6-4-7-17-38)42-31-33-45-44-21-10-13-23-50(44)58(2,3)51(45)35-42/h4-33,35-37H,34H2,1-3H3. The summed E-state index contributed by atoms with van der Waals surface area (Å²) in [5.74, 6) is 1.51. The van der Waals surface area contributed by atoms with Gasteiger partial charge in [0.05, 0.1) is 22.1 Å². The van der Waals surface area contributed by atoms with Gasteiger partial charge in [0.2, 0.25) is 0 Å². The molecule has 0 N–H and O–H groups in total. The van der Waals surface area contributed by atoms with Crippen LogP contribution in [0.2, 0.25) is 0 Å². The third-order valence-electron chi connectivity index (χ3n) is 13.3. The van der Waals surface area contributed by atoms with E-state index in [0.29, 0.717) is 5.92 Å². The van der Waals surface area contributed by atoms with Crippen LogP contribution in [0.5, 0.6) is 0 Å². The van der Waals surface area contributed by atoms with Gasteiger partial charge in [0.1, 0.15) is 11.3 Å². The van der Waals surface area contributed by atoms with E-state index in [-0.39, 0.29) is 5.41 Å². The van der Waals surface area contributed by atoms with E-state index < -0.39 is 0 Å². The van der Waals surface area contributed by atoms with Crippen molar-refractivity contribution in [2.45, 2.75) is 32.6 Å². The Morgan fingerprint density at radius 1 is 0.574 bits per heavy atom. The van der Waals surface area contributed by atoms with Gasteiger partial charge in [-0.3, -0.25) is 0 Å². The van der Waals surface area contributed by atoms with Crippen LogP contribution < -0.4 is 4.90 Å². The first-order valence-electron chi connectivity index (χ1n) is 21.5. The Hall–Kier alpha value is -7.36. The number of rotatable bonds is 6. The van der Waals surface area contributed by atoms with Crippen LogP contribution in [0.4, 0.5) is 17.1 Å². The maximum absolute atomic E-state index is 6.91. The molecule has 0 fully saturated rings. The van der Waals surface area contributed by atoms with Gasteiger partial charge in [-0.05, 0) is 93.9 Å². The van der Waals surface area contributed by atoms with Crippen LogP contribution in [0.15, 0.2) is 192 Å². The highest BCUT2D eigenvalue weighted by Crippen LogP contribution is 2.52. The van der Waals surface area contributed by atoms with Crippen molar-refractivity contribution in [1.82, 2.24) is 4.57 Å². The lowest BCUT2D eigenvalue weighted by molar-refractivity contribution is 0.515. The Kier molecular flexibility index (Phi) is 7.92. The molecular formula is C58H44N2O. The molecule has 61 heavy (non-hydrogen) atoms. The highest BCUT2D eigenvalue weighted by molar-refractivity contribution is 6.24. The van der Waals surface area contributed by atoms with E-state index in [1.165, 1.54) is 55.3 Å². The van der Waals surface area contributed by atoms with Gasteiger partial charge in [0.15, 0.2) is 0 Å². The van der Waals surface area contributed by atoms with Crippen LogP contribution in [0.3, 0.4) is 0 Å². The molecule has 3 heteroatoms. The molecule has 10 aromatic rings. The van der Waals surface area contributed by atoms with Crippen molar-refractivity contribution in [1.29, 1.82) is 0 Å². The summed E-state index contributed by atoms with van der Waals surface area (Å²) in [5.41, 5.74) is 18.9. The smallest absolute Gasteiger partial charge is 0.144 e. The molecule has 0 saturated carbocycles. The molecule has 2 heterocycles. The minimum atomic E-state index is -0.128. The van der Waals surface area contributed by atoms with Gasteiger partial charge in [-0.1, -0.05) is 160 Å². The molecule has 2 aliphatic carbocycles.